The number of hydrogen-bond donors (Lipinski definition) is 1. The van der Waals surface area contributed by atoms with Crippen LogP contribution in [0.15, 0.2) is 0 Å². The van der Waals surface area contributed by atoms with Gasteiger partial charge in [0, 0.05) is 12.3 Å². The molecule has 4 nitrogen and oxygen atoms in total. The molecule has 0 atom stereocenters. The van der Waals surface area contributed by atoms with E-state index in [1.54, 1.807) is 0 Å². The predicted octanol–water partition coefficient (Wildman–Crippen LogP) is 1.87. The average Bonchev–Trinajstić information content (AvgIpc) is 2.09. The van der Waals surface area contributed by atoms with Gasteiger partial charge in [-0.2, -0.15) is 0 Å². The third-order valence-corrected chi connectivity index (χ3v) is 1.96. The van der Waals surface area contributed by atoms with Crippen LogP contribution < -0.4 is 5.73 Å². The van der Waals surface area contributed by atoms with Crippen molar-refractivity contribution in [2.45, 2.75) is 39.5 Å². The number of Topliss-reactive ketones (excluding diaryl/α,β-unsaturated/α-hetero) is 1. The summed E-state index contributed by atoms with van der Waals surface area (Å²) in [4.78, 5) is 21.4. The van der Waals surface area contributed by atoms with E-state index in [1.165, 1.54) is 0 Å². The van der Waals surface area contributed by atoms with Crippen molar-refractivity contribution in [3.05, 3.63) is 0 Å². The molecule has 0 aromatic heterocycles. The zero-order valence-electron chi connectivity index (χ0n) is 8.91. The molecule has 0 saturated heterocycles. The fraction of sp³-hybridized carbons (Fsp3) is 0.800. The first-order chi connectivity index (χ1) is 6.54. The van der Waals surface area contributed by atoms with Crippen LogP contribution in [0.2, 0.25) is 0 Å². The van der Waals surface area contributed by atoms with E-state index in [4.69, 9.17) is 5.73 Å². The predicted molar refractivity (Wildman–Crippen MR) is 53.8 cm³/mol. The lowest BCUT2D eigenvalue weighted by Gasteiger charge is -2.03. The van der Waals surface area contributed by atoms with Gasteiger partial charge in [0.05, 0.1) is 6.61 Å². The van der Waals surface area contributed by atoms with Gasteiger partial charge in [0.1, 0.15) is 5.78 Å². The van der Waals surface area contributed by atoms with Gasteiger partial charge in [0.25, 0.3) is 0 Å². The Labute approximate surface area is 84.8 Å². The molecule has 0 saturated carbocycles. The third kappa shape index (κ3) is 7.58. The van der Waals surface area contributed by atoms with Gasteiger partial charge >= 0.3 is 6.09 Å². The number of ketones is 1. The van der Waals surface area contributed by atoms with Gasteiger partial charge < -0.3 is 10.5 Å². The molecule has 82 valence electrons. The molecule has 2 N–H and O–H groups in total. The van der Waals surface area contributed by atoms with Crippen molar-refractivity contribution < 1.29 is 14.3 Å². The highest BCUT2D eigenvalue weighted by molar-refractivity contribution is 5.80. The quantitative estimate of drug-likeness (QED) is 0.639. The summed E-state index contributed by atoms with van der Waals surface area (Å²) < 4.78 is 4.55. The highest BCUT2D eigenvalue weighted by Gasteiger charge is 2.05. The second-order valence-corrected chi connectivity index (χ2v) is 3.60. The molecule has 0 aromatic carbocycles. The van der Waals surface area contributed by atoms with E-state index in [2.05, 4.69) is 4.74 Å². The summed E-state index contributed by atoms with van der Waals surface area (Å²) in [6, 6.07) is 0. The number of rotatable bonds is 7. The molecule has 4 heteroatoms. The Hall–Kier alpha value is -1.06. The summed E-state index contributed by atoms with van der Waals surface area (Å²) in [6.45, 7) is 4.16. The molecular formula is C10H19NO3. The maximum absolute atomic E-state index is 11.2. The zero-order valence-corrected chi connectivity index (χ0v) is 8.91. The molecule has 0 spiro atoms. The topological polar surface area (TPSA) is 69.4 Å². The van der Waals surface area contributed by atoms with Crippen LogP contribution in [0.5, 0.6) is 0 Å². The summed E-state index contributed by atoms with van der Waals surface area (Å²) in [6.07, 6.45) is 2.41. The molecule has 0 heterocycles. The maximum atomic E-state index is 11.2. The summed E-state index contributed by atoms with van der Waals surface area (Å²) >= 11 is 0. The molecule has 0 aliphatic heterocycles. The van der Waals surface area contributed by atoms with Crippen molar-refractivity contribution >= 4 is 11.9 Å². The van der Waals surface area contributed by atoms with Crippen molar-refractivity contribution in [1.82, 2.24) is 0 Å². The molecule has 0 rings (SSSR count). The Bertz CT molecular complexity index is 190. The summed E-state index contributed by atoms with van der Waals surface area (Å²) in [5.41, 5.74) is 4.78. The fourth-order valence-corrected chi connectivity index (χ4v) is 1.04. The van der Waals surface area contributed by atoms with Crippen LogP contribution in [-0.2, 0) is 9.53 Å². The standard InChI is InChI=1S/C10H19NO3/c1-8(2)9(12)6-4-3-5-7-14-10(11)13/h8H,3-7H2,1-2H3,(H2,11,13). The van der Waals surface area contributed by atoms with Gasteiger partial charge in [-0.05, 0) is 19.3 Å². The van der Waals surface area contributed by atoms with E-state index < -0.39 is 6.09 Å². The number of amides is 1. The van der Waals surface area contributed by atoms with Gasteiger partial charge in [0.15, 0.2) is 0 Å². The lowest BCUT2D eigenvalue weighted by molar-refractivity contribution is -0.122. The number of carbonyl (C=O) groups excluding carboxylic acids is 2. The molecule has 1 amide bonds. The maximum Gasteiger partial charge on any atom is 0.404 e. The third-order valence-electron chi connectivity index (χ3n) is 1.96. The highest BCUT2D eigenvalue weighted by atomic mass is 16.5. The van der Waals surface area contributed by atoms with Gasteiger partial charge in [-0.15, -0.1) is 0 Å². The lowest BCUT2D eigenvalue weighted by atomic mass is 10.0. The monoisotopic (exact) mass is 201 g/mol. The number of hydrogen-bond acceptors (Lipinski definition) is 3. The van der Waals surface area contributed by atoms with Crippen LogP contribution in [0.25, 0.3) is 0 Å². The van der Waals surface area contributed by atoms with Crippen LogP contribution in [-0.4, -0.2) is 18.5 Å². The number of carbonyl (C=O) groups is 2. The highest BCUT2D eigenvalue weighted by Crippen LogP contribution is 2.05. The van der Waals surface area contributed by atoms with E-state index in [0.717, 1.165) is 19.3 Å². The second-order valence-electron chi connectivity index (χ2n) is 3.60. The van der Waals surface area contributed by atoms with Gasteiger partial charge in [-0.3, -0.25) is 4.79 Å². The molecule has 0 bridgehead atoms. The van der Waals surface area contributed by atoms with Crippen LogP contribution in [0, 0.1) is 5.92 Å². The lowest BCUT2D eigenvalue weighted by Crippen LogP contribution is -2.13. The van der Waals surface area contributed by atoms with Crippen LogP contribution in [0.1, 0.15) is 39.5 Å². The van der Waals surface area contributed by atoms with Crippen molar-refractivity contribution in [3.8, 4) is 0 Å². The molecule has 0 aromatic rings. The Kier molecular flexibility index (Phi) is 6.80. The fourth-order valence-electron chi connectivity index (χ4n) is 1.04. The summed E-state index contributed by atoms with van der Waals surface area (Å²) in [7, 11) is 0. The Morgan fingerprint density at radius 2 is 1.86 bits per heavy atom. The molecule has 0 fully saturated rings. The van der Waals surface area contributed by atoms with E-state index in [0.29, 0.717) is 18.8 Å². The van der Waals surface area contributed by atoms with E-state index >= 15 is 0 Å². The molecule has 0 aliphatic rings. The van der Waals surface area contributed by atoms with E-state index in [1.807, 2.05) is 13.8 Å². The number of unbranched alkanes of at least 4 members (excludes halogenated alkanes) is 2. The first-order valence-corrected chi connectivity index (χ1v) is 4.99. The zero-order chi connectivity index (χ0) is 11.0. The van der Waals surface area contributed by atoms with Crippen molar-refractivity contribution in [3.63, 3.8) is 0 Å². The second kappa shape index (κ2) is 7.35. The summed E-state index contributed by atoms with van der Waals surface area (Å²) in [5, 5.41) is 0. The molecule has 0 radical (unpaired) electrons. The van der Waals surface area contributed by atoms with Crippen LogP contribution >= 0.6 is 0 Å². The van der Waals surface area contributed by atoms with E-state index in [9.17, 15) is 9.59 Å². The molecule has 0 unspecified atom stereocenters. The largest absolute Gasteiger partial charge is 0.450 e. The minimum absolute atomic E-state index is 0.122. The van der Waals surface area contributed by atoms with Crippen molar-refractivity contribution in [1.29, 1.82) is 0 Å². The summed E-state index contributed by atoms with van der Waals surface area (Å²) in [5.74, 6) is 0.415. The van der Waals surface area contributed by atoms with Gasteiger partial charge in [-0.1, -0.05) is 13.8 Å². The Morgan fingerprint density at radius 3 is 2.36 bits per heavy atom. The minimum Gasteiger partial charge on any atom is -0.450 e. The smallest absolute Gasteiger partial charge is 0.404 e. The molecular weight excluding hydrogens is 182 g/mol. The molecule has 14 heavy (non-hydrogen) atoms. The average molecular weight is 201 g/mol. The SMILES string of the molecule is CC(C)C(=O)CCCCCOC(N)=O. The van der Waals surface area contributed by atoms with Gasteiger partial charge in [-0.25, -0.2) is 4.79 Å². The van der Waals surface area contributed by atoms with Crippen molar-refractivity contribution in [2.24, 2.45) is 11.7 Å². The number of nitrogens with two attached hydrogens (primary N) is 1. The van der Waals surface area contributed by atoms with E-state index in [-0.39, 0.29) is 5.92 Å². The minimum atomic E-state index is -0.733. The normalized spacial score (nSPS) is 10.2. The Morgan fingerprint density at radius 1 is 1.21 bits per heavy atom. The first-order valence-electron chi connectivity index (χ1n) is 4.99. The Balaban J connectivity index is 3.22. The number of primary amides is 1. The van der Waals surface area contributed by atoms with Crippen LogP contribution in [0.4, 0.5) is 4.79 Å². The van der Waals surface area contributed by atoms with Crippen LogP contribution in [0.3, 0.4) is 0 Å². The van der Waals surface area contributed by atoms with Crippen molar-refractivity contribution in [2.75, 3.05) is 6.61 Å². The van der Waals surface area contributed by atoms with Gasteiger partial charge in [0.2, 0.25) is 0 Å². The molecule has 0 aliphatic carbocycles. The first kappa shape index (κ1) is 12.9. The number of ether oxygens (including phenoxy) is 1.